The third-order valence-electron chi connectivity index (χ3n) is 5.07. The van der Waals surface area contributed by atoms with Crippen molar-refractivity contribution in [1.82, 2.24) is 0 Å². The minimum atomic E-state index is -0.886. The number of fused-ring (bicyclic) bond motifs is 1. The first-order chi connectivity index (χ1) is 13.3. The Labute approximate surface area is 159 Å². The zero-order valence-electron chi connectivity index (χ0n) is 15.2. The average Bonchev–Trinajstić information content (AvgIpc) is 2.97. The number of anilines is 1. The Morgan fingerprint density at radius 2 is 1.52 bits per heavy atom. The Bertz CT molecular complexity index is 966. The second-order valence-electron chi connectivity index (χ2n) is 6.61. The van der Waals surface area contributed by atoms with Crippen LogP contribution in [0.1, 0.15) is 16.7 Å². The molecule has 134 valence electrons. The third kappa shape index (κ3) is 2.81. The highest BCUT2D eigenvalue weighted by molar-refractivity contribution is 6.11. The molecule has 1 heterocycles. The molecular formula is C24H21NO2. The van der Waals surface area contributed by atoms with Crippen LogP contribution in [0.25, 0.3) is 0 Å². The van der Waals surface area contributed by atoms with E-state index in [0.29, 0.717) is 6.54 Å². The molecule has 0 unspecified atom stereocenters. The topological polar surface area (TPSA) is 29.5 Å². The summed E-state index contributed by atoms with van der Waals surface area (Å²) in [4.78, 5) is 15.7. The van der Waals surface area contributed by atoms with Crippen LogP contribution in [0, 0.1) is 0 Å². The Morgan fingerprint density at radius 1 is 0.889 bits per heavy atom. The maximum Gasteiger partial charge on any atom is 0.246 e. The molecule has 0 aliphatic carbocycles. The Morgan fingerprint density at radius 3 is 2.22 bits per heavy atom. The van der Waals surface area contributed by atoms with Crippen LogP contribution in [-0.4, -0.2) is 13.0 Å². The van der Waals surface area contributed by atoms with Gasteiger partial charge in [0.05, 0.1) is 19.9 Å². The van der Waals surface area contributed by atoms with Gasteiger partial charge in [-0.1, -0.05) is 78.9 Å². The van der Waals surface area contributed by atoms with Crippen molar-refractivity contribution >= 4 is 11.6 Å². The molecule has 3 nitrogen and oxygen atoms in total. The van der Waals surface area contributed by atoms with Crippen molar-refractivity contribution in [3.8, 4) is 0 Å². The number of amides is 1. The summed E-state index contributed by atoms with van der Waals surface area (Å²) >= 11 is 0. The van der Waals surface area contributed by atoms with Crippen molar-refractivity contribution in [2.75, 3.05) is 12.0 Å². The highest BCUT2D eigenvalue weighted by atomic mass is 16.5. The van der Waals surface area contributed by atoms with Crippen molar-refractivity contribution in [3.05, 3.63) is 114 Å². The van der Waals surface area contributed by atoms with Gasteiger partial charge in [0.2, 0.25) is 5.91 Å². The zero-order chi connectivity index (χ0) is 18.7. The van der Waals surface area contributed by atoms with Gasteiger partial charge in [0, 0.05) is 5.69 Å². The lowest BCUT2D eigenvalue weighted by Crippen LogP contribution is -2.39. The van der Waals surface area contributed by atoms with E-state index in [1.807, 2.05) is 95.9 Å². The molecule has 0 aromatic heterocycles. The number of carbonyl (C=O) groups is 1. The van der Waals surface area contributed by atoms with E-state index in [9.17, 15) is 4.79 Å². The second kappa shape index (κ2) is 7.12. The molecule has 4 rings (SSSR count). The number of rotatable bonds is 5. The SMILES string of the molecule is CO/C=C\[C@@]1(c2ccccc2)C(=O)N(Cc2ccccc2)c2ccccc21. The molecule has 0 radical (unpaired) electrons. The monoisotopic (exact) mass is 355 g/mol. The van der Waals surface area contributed by atoms with Crippen LogP contribution in [0.2, 0.25) is 0 Å². The number of nitrogens with zero attached hydrogens (tertiary/aromatic N) is 1. The van der Waals surface area contributed by atoms with Crippen LogP contribution >= 0.6 is 0 Å². The molecular weight excluding hydrogens is 334 g/mol. The Balaban J connectivity index is 1.89. The molecule has 3 aromatic rings. The summed E-state index contributed by atoms with van der Waals surface area (Å²) in [5.74, 6) is 0.0343. The summed E-state index contributed by atoms with van der Waals surface area (Å²) in [7, 11) is 1.60. The molecule has 1 aliphatic rings. The smallest absolute Gasteiger partial charge is 0.246 e. The fourth-order valence-corrected chi connectivity index (χ4v) is 3.81. The van der Waals surface area contributed by atoms with Crippen molar-refractivity contribution in [2.45, 2.75) is 12.0 Å². The van der Waals surface area contributed by atoms with Gasteiger partial charge in [0.1, 0.15) is 5.41 Å². The van der Waals surface area contributed by atoms with E-state index < -0.39 is 5.41 Å². The summed E-state index contributed by atoms with van der Waals surface area (Å²) in [6, 6.07) is 28.0. The van der Waals surface area contributed by atoms with Gasteiger partial charge >= 0.3 is 0 Å². The minimum Gasteiger partial charge on any atom is -0.505 e. The normalized spacial score (nSPS) is 18.7. The van der Waals surface area contributed by atoms with Crippen molar-refractivity contribution in [1.29, 1.82) is 0 Å². The van der Waals surface area contributed by atoms with E-state index in [-0.39, 0.29) is 5.91 Å². The molecule has 0 saturated carbocycles. The van der Waals surface area contributed by atoms with Crippen LogP contribution in [0.3, 0.4) is 0 Å². The predicted molar refractivity (Wildman–Crippen MR) is 107 cm³/mol. The number of benzene rings is 3. The van der Waals surface area contributed by atoms with Crippen molar-refractivity contribution in [3.63, 3.8) is 0 Å². The molecule has 1 aliphatic heterocycles. The Kier molecular flexibility index (Phi) is 4.51. The molecule has 3 heteroatoms. The lowest BCUT2D eigenvalue weighted by molar-refractivity contribution is -0.120. The van der Waals surface area contributed by atoms with Gasteiger partial charge in [0.25, 0.3) is 0 Å². The summed E-state index contributed by atoms with van der Waals surface area (Å²) in [5.41, 5.74) is 3.07. The van der Waals surface area contributed by atoms with Crippen LogP contribution in [0.15, 0.2) is 97.3 Å². The molecule has 27 heavy (non-hydrogen) atoms. The van der Waals surface area contributed by atoms with Gasteiger partial charge in [-0.15, -0.1) is 0 Å². The summed E-state index contributed by atoms with van der Waals surface area (Å²) in [5, 5.41) is 0. The molecule has 0 N–H and O–H groups in total. The minimum absolute atomic E-state index is 0.0343. The van der Waals surface area contributed by atoms with Crippen LogP contribution < -0.4 is 4.90 Å². The fraction of sp³-hybridized carbons (Fsp3) is 0.125. The molecule has 1 amide bonds. The maximum atomic E-state index is 13.8. The molecule has 0 spiro atoms. The van der Waals surface area contributed by atoms with E-state index in [4.69, 9.17) is 4.74 Å². The van der Waals surface area contributed by atoms with Crippen LogP contribution in [-0.2, 0) is 21.5 Å². The van der Waals surface area contributed by atoms with E-state index in [1.54, 1.807) is 13.4 Å². The summed E-state index contributed by atoms with van der Waals surface area (Å²) < 4.78 is 5.22. The number of ether oxygens (including phenoxy) is 1. The van der Waals surface area contributed by atoms with Crippen LogP contribution in [0.4, 0.5) is 5.69 Å². The van der Waals surface area contributed by atoms with Gasteiger partial charge in [-0.05, 0) is 28.8 Å². The van der Waals surface area contributed by atoms with Crippen molar-refractivity contribution < 1.29 is 9.53 Å². The molecule has 0 fully saturated rings. The van der Waals surface area contributed by atoms with E-state index in [0.717, 1.165) is 22.4 Å². The standard InChI is InChI=1S/C24H21NO2/c1-27-17-16-24(20-12-6-3-7-13-20)21-14-8-9-15-22(21)25(23(24)26)18-19-10-4-2-5-11-19/h2-17H,18H2,1H3/b17-16-/t24-/m0/s1. The number of hydrogen-bond acceptors (Lipinski definition) is 2. The van der Waals surface area contributed by atoms with E-state index in [1.165, 1.54) is 0 Å². The van der Waals surface area contributed by atoms with E-state index in [2.05, 4.69) is 0 Å². The molecule has 1 atom stereocenters. The Hall–Kier alpha value is -3.33. The number of methoxy groups -OCH3 is 1. The number of hydrogen-bond donors (Lipinski definition) is 0. The van der Waals surface area contributed by atoms with Gasteiger partial charge < -0.3 is 9.64 Å². The van der Waals surface area contributed by atoms with Crippen LogP contribution in [0.5, 0.6) is 0 Å². The first-order valence-electron chi connectivity index (χ1n) is 8.99. The second-order valence-corrected chi connectivity index (χ2v) is 6.61. The third-order valence-corrected chi connectivity index (χ3v) is 5.07. The number of carbonyl (C=O) groups excluding carboxylic acids is 1. The first kappa shape index (κ1) is 17.1. The van der Waals surface area contributed by atoms with Gasteiger partial charge in [-0.2, -0.15) is 0 Å². The summed E-state index contributed by atoms with van der Waals surface area (Å²) in [6.45, 7) is 0.534. The fourth-order valence-electron chi connectivity index (χ4n) is 3.81. The van der Waals surface area contributed by atoms with Gasteiger partial charge in [0.15, 0.2) is 0 Å². The first-order valence-corrected chi connectivity index (χ1v) is 8.99. The van der Waals surface area contributed by atoms with E-state index >= 15 is 0 Å². The van der Waals surface area contributed by atoms with Gasteiger partial charge in [-0.25, -0.2) is 0 Å². The van der Waals surface area contributed by atoms with Gasteiger partial charge in [-0.3, -0.25) is 4.79 Å². The quantitative estimate of drug-likeness (QED) is 0.622. The lowest BCUT2D eigenvalue weighted by Gasteiger charge is -2.26. The predicted octanol–water partition coefficient (Wildman–Crippen LogP) is 4.68. The molecule has 0 saturated heterocycles. The summed E-state index contributed by atoms with van der Waals surface area (Å²) in [6.07, 6.45) is 3.47. The number of para-hydroxylation sites is 1. The largest absolute Gasteiger partial charge is 0.505 e. The maximum absolute atomic E-state index is 13.8. The average molecular weight is 355 g/mol. The highest BCUT2D eigenvalue weighted by Crippen LogP contribution is 2.47. The zero-order valence-corrected chi connectivity index (χ0v) is 15.2. The molecule has 3 aromatic carbocycles. The highest BCUT2D eigenvalue weighted by Gasteiger charge is 2.50. The van der Waals surface area contributed by atoms with Crippen molar-refractivity contribution in [2.24, 2.45) is 0 Å². The molecule has 0 bridgehead atoms. The lowest BCUT2D eigenvalue weighted by atomic mass is 9.75.